The summed E-state index contributed by atoms with van der Waals surface area (Å²) in [6.07, 6.45) is 57.2. The van der Waals surface area contributed by atoms with E-state index in [0.29, 0.717) is 31.6 Å². The predicted molar refractivity (Wildman–Crippen MR) is 391 cm³/mol. The monoisotopic (exact) mass is 1410 g/mol. The Balaban J connectivity index is 5.18. The molecule has 17 nitrogen and oxygen atoms in total. The molecule has 19 heteroatoms. The smallest absolute Gasteiger partial charge is 0.462 e. The molecule has 0 aliphatic rings. The third-order valence-electron chi connectivity index (χ3n) is 18.3. The topological polar surface area (TPSA) is 237 Å². The summed E-state index contributed by atoms with van der Waals surface area (Å²) in [7, 11) is -9.91. The summed E-state index contributed by atoms with van der Waals surface area (Å²) in [5.74, 6) is -0.693. The Morgan fingerprint density at radius 2 is 0.531 bits per heavy atom. The molecule has 0 spiro atoms. The quantitative estimate of drug-likeness (QED) is 0.0222. The van der Waals surface area contributed by atoms with E-state index in [1.165, 1.54) is 212 Å². The van der Waals surface area contributed by atoms with E-state index in [9.17, 15) is 43.2 Å². The van der Waals surface area contributed by atoms with E-state index < -0.39 is 97.5 Å². The van der Waals surface area contributed by atoms with Crippen LogP contribution in [-0.2, 0) is 65.4 Å². The summed E-state index contributed by atoms with van der Waals surface area (Å²) >= 11 is 0. The number of carbonyl (C=O) groups is 4. The molecule has 0 aromatic carbocycles. The van der Waals surface area contributed by atoms with Crippen LogP contribution in [0.25, 0.3) is 0 Å². The van der Waals surface area contributed by atoms with E-state index in [4.69, 9.17) is 37.0 Å². The zero-order valence-corrected chi connectivity index (χ0v) is 64.5. The Kier molecular flexibility index (Phi) is 67.4. The van der Waals surface area contributed by atoms with Gasteiger partial charge in [0.2, 0.25) is 0 Å². The first-order valence-electron chi connectivity index (χ1n) is 40.0. The van der Waals surface area contributed by atoms with Crippen LogP contribution in [0.3, 0.4) is 0 Å². The van der Waals surface area contributed by atoms with Crippen LogP contribution in [0.2, 0.25) is 0 Å². The van der Waals surface area contributed by atoms with Gasteiger partial charge in [-0.25, -0.2) is 9.13 Å². The lowest BCUT2D eigenvalue weighted by Crippen LogP contribution is -2.30. The van der Waals surface area contributed by atoms with E-state index in [1.54, 1.807) is 0 Å². The summed E-state index contributed by atoms with van der Waals surface area (Å²) in [6, 6.07) is 0. The summed E-state index contributed by atoms with van der Waals surface area (Å²) in [6.45, 7) is 9.49. The van der Waals surface area contributed by atoms with Crippen molar-refractivity contribution in [2.75, 3.05) is 39.6 Å². The maximum Gasteiger partial charge on any atom is 0.472 e. The molecule has 0 radical (unpaired) electrons. The van der Waals surface area contributed by atoms with Gasteiger partial charge in [0.1, 0.15) is 19.3 Å². The highest BCUT2D eigenvalue weighted by atomic mass is 31.2. The largest absolute Gasteiger partial charge is 0.472 e. The molecule has 0 amide bonds. The Bertz CT molecular complexity index is 1860. The van der Waals surface area contributed by atoms with Crippen LogP contribution in [0.15, 0.2) is 0 Å². The van der Waals surface area contributed by atoms with Crippen molar-refractivity contribution in [2.45, 2.75) is 419 Å². The molecule has 0 heterocycles. The molecular weight excluding hydrogens is 1260 g/mol. The van der Waals surface area contributed by atoms with Gasteiger partial charge in [0.05, 0.1) is 26.4 Å². The molecule has 0 aliphatic heterocycles. The second kappa shape index (κ2) is 68.8. The molecule has 3 N–H and O–H groups in total. The Labute approximate surface area is 588 Å². The minimum atomic E-state index is -4.96. The fourth-order valence-electron chi connectivity index (χ4n) is 11.8. The standard InChI is InChI=1S/C77H150O17P2/c1-7-10-12-14-16-18-20-22-24-25-26-27-28-29-30-31-33-35-37-41-49-55-61-76(81)93-72(65-87-74(79)59-53-47-40-36-34-32-23-21-19-17-15-13-11-8-2)67-91-95(83,84)89-63-71(78)64-90-96(85,86)92-68-73(94-77(82)62-56-50-42-38-39-45-51-57-69(4)5)66-88-75(80)60-54-48-44-43-46-52-58-70(6)9-3/h69-73,78H,7-68H2,1-6H3,(H,83,84)(H,85,86)/t70?,71-,72-,73-/m1/s1. The van der Waals surface area contributed by atoms with Crippen LogP contribution in [0.5, 0.6) is 0 Å². The number of rotatable bonds is 76. The van der Waals surface area contributed by atoms with E-state index in [1.807, 2.05) is 0 Å². The SMILES string of the molecule is CCCCCCCCCCCCCCCCCCCCCCCCC(=O)O[C@H](COC(=O)CCCCCCCCCCCCCCCC)COP(=O)(O)OC[C@@H](O)COP(=O)(O)OC[C@@H](COC(=O)CCCCCCCCC(C)CC)OC(=O)CCCCCCCCCC(C)C. The van der Waals surface area contributed by atoms with Crippen LogP contribution in [-0.4, -0.2) is 96.7 Å². The van der Waals surface area contributed by atoms with Crippen LogP contribution in [0.4, 0.5) is 0 Å². The lowest BCUT2D eigenvalue weighted by atomic mass is 10.00. The number of esters is 4. The third kappa shape index (κ3) is 69.2. The second-order valence-corrected chi connectivity index (χ2v) is 31.4. The predicted octanol–water partition coefficient (Wildman–Crippen LogP) is 22.7. The number of phosphoric ester groups is 2. The van der Waals surface area contributed by atoms with Gasteiger partial charge in [0, 0.05) is 25.7 Å². The molecule has 0 aromatic rings. The average Bonchev–Trinajstić information content (AvgIpc) is 1.35. The van der Waals surface area contributed by atoms with Gasteiger partial charge < -0.3 is 33.8 Å². The van der Waals surface area contributed by atoms with Crippen molar-refractivity contribution in [3.8, 4) is 0 Å². The number of hydrogen-bond donors (Lipinski definition) is 3. The maximum absolute atomic E-state index is 13.1. The molecule has 0 saturated carbocycles. The van der Waals surface area contributed by atoms with Crippen molar-refractivity contribution < 1.29 is 80.2 Å². The molecule has 0 aliphatic carbocycles. The zero-order valence-electron chi connectivity index (χ0n) is 62.7. The van der Waals surface area contributed by atoms with Gasteiger partial charge in [-0.15, -0.1) is 0 Å². The van der Waals surface area contributed by atoms with Crippen LogP contribution in [0, 0.1) is 11.8 Å². The number of unbranched alkanes of at least 4 members (excludes halogenated alkanes) is 45. The van der Waals surface area contributed by atoms with Gasteiger partial charge in [0.15, 0.2) is 12.2 Å². The van der Waals surface area contributed by atoms with Crippen molar-refractivity contribution in [3.63, 3.8) is 0 Å². The van der Waals surface area contributed by atoms with Crippen molar-refractivity contribution >= 4 is 39.5 Å². The number of ether oxygens (including phenoxy) is 4. The number of aliphatic hydroxyl groups is 1. The van der Waals surface area contributed by atoms with Crippen LogP contribution in [0.1, 0.15) is 401 Å². The summed E-state index contributed by atoms with van der Waals surface area (Å²) in [5, 5.41) is 10.6. The highest BCUT2D eigenvalue weighted by molar-refractivity contribution is 7.47. The van der Waals surface area contributed by atoms with Gasteiger partial charge in [0.25, 0.3) is 0 Å². The third-order valence-corrected chi connectivity index (χ3v) is 20.2. The minimum absolute atomic E-state index is 0.103. The van der Waals surface area contributed by atoms with E-state index in [0.717, 1.165) is 102 Å². The van der Waals surface area contributed by atoms with Crippen LogP contribution >= 0.6 is 15.6 Å². The van der Waals surface area contributed by atoms with Crippen molar-refractivity contribution in [3.05, 3.63) is 0 Å². The molecule has 6 atom stereocenters. The molecule has 0 saturated heterocycles. The normalized spacial score (nSPS) is 14.3. The summed E-state index contributed by atoms with van der Waals surface area (Å²) in [5.41, 5.74) is 0. The number of aliphatic hydroxyl groups excluding tert-OH is 1. The molecule has 0 fully saturated rings. The van der Waals surface area contributed by atoms with Gasteiger partial charge in [-0.1, -0.05) is 350 Å². The second-order valence-electron chi connectivity index (χ2n) is 28.5. The molecule has 0 rings (SSSR count). The highest BCUT2D eigenvalue weighted by Crippen LogP contribution is 2.45. The van der Waals surface area contributed by atoms with Gasteiger partial charge in [-0.3, -0.25) is 37.3 Å². The van der Waals surface area contributed by atoms with Crippen molar-refractivity contribution in [1.29, 1.82) is 0 Å². The molecular formula is C77H150O17P2. The van der Waals surface area contributed by atoms with Gasteiger partial charge >= 0.3 is 39.5 Å². The van der Waals surface area contributed by atoms with E-state index in [2.05, 4.69) is 41.5 Å². The summed E-state index contributed by atoms with van der Waals surface area (Å²) < 4.78 is 68.5. The Morgan fingerprint density at radius 3 is 0.792 bits per heavy atom. The van der Waals surface area contributed by atoms with Gasteiger partial charge in [-0.05, 0) is 37.5 Å². The lowest BCUT2D eigenvalue weighted by molar-refractivity contribution is -0.161. The van der Waals surface area contributed by atoms with Crippen molar-refractivity contribution in [1.82, 2.24) is 0 Å². The summed E-state index contributed by atoms with van der Waals surface area (Å²) in [4.78, 5) is 72.8. The molecule has 0 bridgehead atoms. The van der Waals surface area contributed by atoms with E-state index in [-0.39, 0.29) is 25.7 Å². The van der Waals surface area contributed by atoms with Crippen LogP contribution < -0.4 is 0 Å². The fourth-order valence-corrected chi connectivity index (χ4v) is 13.4. The molecule has 570 valence electrons. The van der Waals surface area contributed by atoms with Crippen molar-refractivity contribution in [2.24, 2.45) is 11.8 Å². The number of phosphoric acid groups is 2. The number of hydrogen-bond acceptors (Lipinski definition) is 15. The molecule has 3 unspecified atom stereocenters. The first-order chi connectivity index (χ1) is 46.4. The molecule has 0 aromatic heterocycles. The van der Waals surface area contributed by atoms with Gasteiger partial charge in [-0.2, -0.15) is 0 Å². The molecule has 96 heavy (non-hydrogen) atoms. The van der Waals surface area contributed by atoms with E-state index >= 15 is 0 Å². The highest BCUT2D eigenvalue weighted by Gasteiger charge is 2.30. The number of carbonyl (C=O) groups excluding carboxylic acids is 4. The Morgan fingerprint density at radius 1 is 0.302 bits per heavy atom. The minimum Gasteiger partial charge on any atom is -0.462 e. The maximum atomic E-state index is 13.1. The first-order valence-corrected chi connectivity index (χ1v) is 43.0. The fraction of sp³-hybridized carbons (Fsp3) is 0.948. The Hall–Kier alpha value is -1.94. The lowest BCUT2D eigenvalue weighted by Gasteiger charge is -2.21. The zero-order chi connectivity index (χ0) is 70.7. The first kappa shape index (κ1) is 94.1. The average molecular weight is 1410 g/mol.